The van der Waals surface area contributed by atoms with Crippen LogP contribution >= 0.6 is 0 Å². The van der Waals surface area contributed by atoms with E-state index < -0.39 is 5.97 Å². The molecule has 4 nitrogen and oxygen atoms in total. The van der Waals surface area contributed by atoms with Crippen molar-refractivity contribution in [2.45, 2.75) is 51.5 Å². The average Bonchev–Trinajstić information content (AvgIpc) is 2.27. The summed E-state index contributed by atoms with van der Waals surface area (Å²) in [6, 6.07) is 0. The molecule has 0 aromatic carbocycles. The van der Waals surface area contributed by atoms with Crippen LogP contribution in [0.4, 0.5) is 0 Å². The van der Waals surface area contributed by atoms with Crippen molar-refractivity contribution in [1.29, 1.82) is 0 Å². The Hall–Kier alpha value is -0.610. The minimum Gasteiger partial charge on any atom is -0.481 e. The minimum atomic E-state index is -0.642. The van der Waals surface area contributed by atoms with Crippen LogP contribution < -0.4 is 0 Å². The summed E-state index contributed by atoms with van der Waals surface area (Å²) in [7, 11) is 2.14. The Labute approximate surface area is 116 Å². The lowest BCUT2D eigenvalue weighted by atomic mass is 9.66. The highest BCUT2D eigenvalue weighted by Crippen LogP contribution is 2.46. The molecule has 1 aliphatic carbocycles. The number of piperazine rings is 1. The highest BCUT2D eigenvalue weighted by atomic mass is 16.4. The maximum Gasteiger partial charge on any atom is 0.305 e. The molecule has 0 radical (unpaired) electrons. The number of rotatable bonds is 3. The second-order valence-corrected chi connectivity index (χ2v) is 7.28. The van der Waals surface area contributed by atoms with E-state index in [1.165, 1.54) is 6.42 Å². The van der Waals surface area contributed by atoms with Gasteiger partial charge in [-0.05, 0) is 31.7 Å². The lowest BCUT2D eigenvalue weighted by Crippen LogP contribution is -2.59. The third-order valence-electron chi connectivity index (χ3n) is 4.96. The summed E-state index contributed by atoms with van der Waals surface area (Å²) in [6.45, 7) is 8.72. The normalized spacial score (nSPS) is 33.2. The Morgan fingerprint density at radius 1 is 1.16 bits per heavy atom. The maximum absolute atomic E-state index is 11.4. The van der Waals surface area contributed by atoms with Gasteiger partial charge >= 0.3 is 5.97 Å². The second-order valence-electron chi connectivity index (χ2n) is 7.28. The fourth-order valence-corrected chi connectivity index (χ4v) is 4.06. The maximum atomic E-state index is 11.4. The van der Waals surface area contributed by atoms with Crippen molar-refractivity contribution in [2.75, 3.05) is 33.2 Å². The van der Waals surface area contributed by atoms with Gasteiger partial charge in [-0.3, -0.25) is 9.69 Å². The van der Waals surface area contributed by atoms with E-state index >= 15 is 0 Å². The Morgan fingerprint density at radius 2 is 1.79 bits per heavy atom. The van der Waals surface area contributed by atoms with Crippen molar-refractivity contribution in [3.8, 4) is 0 Å². The van der Waals surface area contributed by atoms with Crippen molar-refractivity contribution >= 4 is 5.97 Å². The molecule has 1 aliphatic heterocycles. The lowest BCUT2D eigenvalue weighted by Gasteiger charge is -2.52. The highest BCUT2D eigenvalue weighted by molar-refractivity contribution is 5.68. The summed E-state index contributed by atoms with van der Waals surface area (Å²) in [5.74, 6) is -0.642. The summed E-state index contributed by atoms with van der Waals surface area (Å²) in [5, 5.41) is 9.35. The number of hydrogen-bond acceptors (Lipinski definition) is 3. The quantitative estimate of drug-likeness (QED) is 0.851. The standard InChI is InChI=1S/C15H28N2O2/c1-14(2)5-4-6-15(12-14,11-13(18)19)17-9-7-16(3)8-10-17/h4-12H2,1-3H3,(H,18,19). The van der Waals surface area contributed by atoms with E-state index in [0.29, 0.717) is 6.42 Å². The fourth-order valence-electron chi connectivity index (χ4n) is 4.06. The van der Waals surface area contributed by atoms with E-state index in [2.05, 4.69) is 30.7 Å². The van der Waals surface area contributed by atoms with E-state index in [9.17, 15) is 9.90 Å². The number of nitrogens with zero attached hydrogens (tertiary/aromatic N) is 2. The molecule has 0 aromatic rings. The van der Waals surface area contributed by atoms with E-state index in [-0.39, 0.29) is 11.0 Å². The fraction of sp³-hybridized carbons (Fsp3) is 0.933. The third-order valence-corrected chi connectivity index (χ3v) is 4.96. The SMILES string of the molecule is CN1CCN(C2(CC(=O)O)CCCC(C)(C)C2)CC1. The molecule has 0 spiro atoms. The van der Waals surface area contributed by atoms with Crippen molar-refractivity contribution in [2.24, 2.45) is 5.41 Å². The molecule has 1 N–H and O–H groups in total. The molecule has 4 heteroatoms. The molecular weight excluding hydrogens is 240 g/mol. The monoisotopic (exact) mass is 268 g/mol. The van der Waals surface area contributed by atoms with E-state index in [4.69, 9.17) is 0 Å². The molecule has 1 heterocycles. The first kappa shape index (κ1) is 14.8. The number of carboxylic acid groups (broad SMARTS) is 1. The van der Waals surface area contributed by atoms with Gasteiger partial charge in [0.25, 0.3) is 0 Å². The predicted octanol–water partition coefficient (Wildman–Crippen LogP) is 2.05. The zero-order valence-electron chi connectivity index (χ0n) is 12.6. The van der Waals surface area contributed by atoms with Gasteiger partial charge in [0.1, 0.15) is 0 Å². The Balaban J connectivity index is 2.16. The number of carbonyl (C=O) groups is 1. The van der Waals surface area contributed by atoms with Crippen LogP contribution in [-0.4, -0.2) is 59.6 Å². The molecular formula is C15H28N2O2. The zero-order valence-corrected chi connectivity index (χ0v) is 12.6. The number of likely N-dealkylation sites (N-methyl/N-ethyl adjacent to an activating group) is 1. The predicted molar refractivity (Wildman–Crippen MR) is 76.3 cm³/mol. The van der Waals surface area contributed by atoms with Crippen molar-refractivity contribution in [3.63, 3.8) is 0 Å². The van der Waals surface area contributed by atoms with Crippen LogP contribution in [0.5, 0.6) is 0 Å². The molecule has 1 atom stereocenters. The first-order chi connectivity index (χ1) is 8.83. The lowest BCUT2D eigenvalue weighted by molar-refractivity contribution is -0.143. The Kier molecular flexibility index (Phi) is 4.21. The summed E-state index contributed by atoms with van der Waals surface area (Å²) in [6.07, 6.45) is 4.76. The van der Waals surface area contributed by atoms with Gasteiger partial charge in [-0.1, -0.05) is 20.3 Å². The van der Waals surface area contributed by atoms with Gasteiger partial charge in [-0.2, -0.15) is 0 Å². The molecule has 2 aliphatic rings. The largest absolute Gasteiger partial charge is 0.481 e. The van der Waals surface area contributed by atoms with Gasteiger partial charge in [0, 0.05) is 31.7 Å². The first-order valence-electron chi connectivity index (χ1n) is 7.48. The number of carboxylic acids is 1. The molecule has 1 saturated heterocycles. The smallest absolute Gasteiger partial charge is 0.305 e. The van der Waals surface area contributed by atoms with E-state index in [1.54, 1.807) is 0 Å². The summed E-state index contributed by atoms with van der Waals surface area (Å²) >= 11 is 0. The van der Waals surface area contributed by atoms with E-state index in [1.807, 2.05) is 0 Å². The van der Waals surface area contributed by atoms with Crippen LogP contribution in [0.25, 0.3) is 0 Å². The second kappa shape index (κ2) is 5.41. The first-order valence-corrected chi connectivity index (χ1v) is 7.48. The van der Waals surface area contributed by atoms with Gasteiger partial charge in [-0.15, -0.1) is 0 Å². The zero-order chi connectivity index (χ0) is 14.1. The van der Waals surface area contributed by atoms with E-state index in [0.717, 1.165) is 45.4 Å². The molecule has 2 rings (SSSR count). The summed E-state index contributed by atoms with van der Waals surface area (Å²) < 4.78 is 0. The van der Waals surface area contributed by atoms with Crippen LogP contribution in [-0.2, 0) is 4.79 Å². The molecule has 110 valence electrons. The average molecular weight is 268 g/mol. The molecule has 1 saturated carbocycles. The van der Waals surface area contributed by atoms with Crippen LogP contribution in [0, 0.1) is 5.41 Å². The molecule has 0 amide bonds. The molecule has 19 heavy (non-hydrogen) atoms. The van der Waals surface area contributed by atoms with Gasteiger partial charge in [-0.25, -0.2) is 0 Å². The van der Waals surface area contributed by atoms with Gasteiger partial charge < -0.3 is 10.0 Å². The van der Waals surface area contributed by atoms with Gasteiger partial charge in [0.2, 0.25) is 0 Å². The van der Waals surface area contributed by atoms with Crippen LogP contribution in [0.15, 0.2) is 0 Å². The van der Waals surface area contributed by atoms with Crippen molar-refractivity contribution < 1.29 is 9.90 Å². The van der Waals surface area contributed by atoms with Gasteiger partial charge in [0.15, 0.2) is 0 Å². The third kappa shape index (κ3) is 3.48. The van der Waals surface area contributed by atoms with Crippen LogP contribution in [0.2, 0.25) is 0 Å². The highest BCUT2D eigenvalue weighted by Gasteiger charge is 2.45. The van der Waals surface area contributed by atoms with Crippen molar-refractivity contribution in [1.82, 2.24) is 9.80 Å². The van der Waals surface area contributed by atoms with Crippen LogP contribution in [0.3, 0.4) is 0 Å². The number of hydrogen-bond donors (Lipinski definition) is 1. The summed E-state index contributed by atoms with van der Waals surface area (Å²) in [5.41, 5.74) is 0.173. The molecule has 2 fully saturated rings. The van der Waals surface area contributed by atoms with Crippen LogP contribution in [0.1, 0.15) is 46.0 Å². The Bertz CT molecular complexity index is 335. The van der Waals surface area contributed by atoms with Crippen molar-refractivity contribution in [3.05, 3.63) is 0 Å². The molecule has 1 unspecified atom stereocenters. The number of aliphatic carboxylic acids is 1. The molecule has 0 bridgehead atoms. The molecule has 0 aromatic heterocycles. The minimum absolute atomic E-state index is 0.102. The van der Waals surface area contributed by atoms with Gasteiger partial charge in [0.05, 0.1) is 6.42 Å². The Morgan fingerprint density at radius 3 is 2.32 bits per heavy atom. The summed E-state index contributed by atoms with van der Waals surface area (Å²) in [4.78, 5) is 16.2. The topological polar surface area (TPSA) is 43.8 Å².